The van der Waals surface area contributed by atoms with E-state index in [1.807, 2.05) is 24.3 Å². The number of hydrogen-bond acceptors (Lipinski definition) is 2. The van der Waals surface area contributed by atoms with E-state index >= 15 is 0 Å². The van der Waals surface area contributed by atoms with Crippen molar-refractivity contribution in [3.8, 4) is 5.75 Å². The Morgan fingerprint density at radius 2 is 1.89 bits per heavy atom. The molecule has 1 heterocycles. The Hall–Kier alpha value is -0.960. The quantitative estimate of drug-likeness (QED) is 0.902. The Morgan fingerprint density at radius 1 is 1.11 bits per heavy atom. The van der Waals surface area contributed by atoms with Gasteiger partial charge in [0.1, 0.15) is 11.9 Å². The van der Waals surface area contributed by atoms with Crippen molar-refractivity contribution in [3.63, 3.8) is 0 Å². The Labute approximate surface area is 116 Å². The highest BCUT2D eigenvalue weighted by Gasteiger charge is 2.19. The first-order valence-electron chi connectivity index (χ1n) is 6.00. The molecule has 1 saturated heterocycles. The van der Waals surface area contributed by atoms with Gasteiger partial charge < -0.3 is 10.1 Å². The van der Waals surface area contributed by atoms with Gasteiger partial charge in [0, 0.05) is 17.3 Å². The first kappa shape index (κ1) is 12.1. The highest BCUT2D eigenvalue weighted by molar-refractivity contribution is 6.39. The highest BCUT2D eigenvalue weighted by atomic mass is 35.5. The van der Waals surface area contributed by atoms with Crippen molar-refractivity contribution in [2.45, 2.75) is 12.5 Å². The van der Waals surface area contributed by atoms with Crippen molar-refractivity contribution in [2.75, 3.05) is 13.1 Å². The summed E-state index contributed by atoms with van der Waals surface area (Å²) in [5.74, 6) is 0.741. The number of halogens is 2. The molecule has 0 amide bonds. The number of nitrogens with one attached hydrogen (secondary N) is 1. The third-order valence-corrected chi connectivity index (χ3v) is 3.79. The van der Waals surface area contributed by atoms with E-state index in [0.29, 0.717) is 10.0 Å². The van der Waals surface area contributed by atoms with Crippen molar-refractivity contribution in [1.82, 2.24) is 5.32 Å². The summed E-state index contributed by atoms with van der Waals surface area (Å²) in [4.78, 5) is 0. The molecule has 1 aliphatic heterocycles. The number of benzene rings is 2. The minimum atomic E-state index is 0.187. The monoisotopic (exact) mass is 281 g/mol. The van der Waals surface area contributed by atoms with Gasteiger partial charge in [0.2, 0.25) is 0 Å². The summed E-state index contributed by atoms with van der Waals surface area (Å²) in [6.45, 7) is 1.86. The third kappa shape index (κ3) is 2.16. The first-order chi connectivity index (χ1) is 8.75. The summed E-state index contributed by atoms with van der Waals surface area (Å²) >= 11 is 12.5. The van der Waals surface area contributed by atoms with Crippen molar-refractivity contribution in [2.24, 2.45) is 0 Å². The Kier molecular flexibility index (Phi) is 3.33. The molecule has 94 valence electrons. The van der Waals surface area contributed by atoms with Gasteiger partial charge in [-0.15, -0.1) is 0 Å². The van der Waals surface area contributed by atoms with Gasteiger partial charge in [-0.3, -0.25) is 0 Å². The molecule has 1 N–H and O–H groups in total. The van der Waals surface area contributed by atoms with Crippen LogP contribution in [-0.4, -0.2) is 19.2 Å². The standard InChI is InChI=1S/C14H13Cl2NO/c15-12-7-13(16)14(18-9-5-6-17-8-9)11-4-2-1-3-10(11)12/h1-4,7,9,17H,5-6,8H2/t9-/m0/s1. The maximum atomic E-state index is 6.26. The van der Waals surface area contributed by atoms with Crippen LogP contribution in [0.2, 0.25) is 10.0 Å². The van der Waals surface area contributed by atoms with E-state index in [-0.39, 0.29) is 6.10 Å². The molecular formula is C14H13Cl2NO. The van der Waals surface area contributed by atoms with Gasteiger partial charge in [-0.1, -0.05) is 47.5 Å². The molecule has 2 aromatic carbocycles. The first-order valence-corrected chi connectivity index (χ1v) is 6.75. The van der Waals surface area contributed by atoms with E-state index in [0.717, 1.165) is 36.0 Å². The second-order valence-electron chi connectivity index (χ2n) is 4.45. The highest BCUT2D eigenvalue weighted by Crippen LogP contribution is 2.38. The Bertz CT molecular complexity index is 579. The van der Waals surface area contributed by atoms with Gasteiger partial charge >= 0.3 is 0 Å². The minimum absolute atomic E-state index is 0.187. The maximum Gasteiger partial charge on any atom is 0.146 e. The van der Waals surface area contributed by atoms with Crippen molar-refractivity contribution >= 4 is 34.0 Å². The van der Waals surface area contributed by atoms with E-state index in [1.54, 1.807) is 6.07 Å². The third-order valence-electron chi connectivity index (χ3n) is 3.20. The lowest BCUT2D eigenvalue weighted by Gasteiger charge is -2.16. The zero-order chi connectivity index (χ0) is 12.5. The fourth-order valence-electron chi connectivity index (χ4n) is 2.29. The average molecular weight is 282 g/mol. The van der Waals surface area contributed by atoms with Crippen LogP contribution in [0.3, 0.4) is 0 Å². The molecule has 4 heteroatoms. The van der Waals surface area contributed by atoms with E-state index in [4.69, 9.17) is 27.9 Å². The van der Waals surface area contributed by atoms with Crippen LogP contribution in [0.5, 0.6) is 5.75 Å². The average Bonchev–Trinajstić information content (AvgIpc) is 2.87. The van der Waals surface area contributed by atoms with Gasteiger partial charge in [-0.2, -0.15) is 0 Å². The van der Waals surface area contributed by atoms with Crippen molar-refractivity contribution in [1.29, 1.82) is 0 Å². The van der Waals surface area contributed by atoms with Crippen LogP contribution in [0, 0.1) is 0 Å². The van der Waals surface area contributed by atoms with Crippen LogP contribution in [0.15, 0.2) is 30.3 Å². The summed E-state index contributed by atoms with van der Waals surface area (Å²) in [5.41, 5.74) is 0. The maximum absolute atomic E-state index is 6.26. The van der Waals surface area contributed by atoms with E-state index < -0.39 is 0 Å². The molecule has 0 unspecified atom stereocenters. The lowest BCUT2D eigenvalue weighted by molar-refractivity contribution is 0.226. The fourth-order valence-corrected chi connectivity index (χ4v) is 2.87. The fraction of sp³-hybridized carbons (Fsp3) is 0.286. The minimum Gasteiger partial charge on any atom is -0.487 e. The van der Waals surface area contributed by atoms with Gasteiger partial charge in [-0.25, -0.2) is 0 Å². The zero-order valence-corrected chi connectivity index (χ0v) is 11.3. The lowest BCUT2D eigenvalue weighted by Crippen LogP contribution is -2.19. The summed E-state index contributed by atoms with van der Waals surface area (Å²) < 4.78 is 6.02. The summed E-state index contributed by atoms with van der Waals surface area (Å²) in [6, 6.07) is 9.65. The summed E-state index contributed by atoms with van der Waals surface area (Å²) in [5, 5.41) is 6.46. The Morgan fingerprint density at radius 3 is 2.61 bits per heavy atom. The molecule has 2 nitrogen and oxygen atoms in total. The van der Waals surface area contributed by atoms with Crippen LogP contribution < -0.4 is 10.1 Å². The number of fused-ring (bicyclic) bond motifs is 1. The second-order valence-corrected chi connectivity index (χ2v) is 5.26. The molecule has 0 aliphatic carbocycles. The van der Waals surface area contributed by atoms with Crippen LogP contribution in [0.1, 0.15) is 6.42 Å². The molecule has 0 radical (unpaired) electrons. The number of hydrogen-bond donors (Lipinski definition) is 1. The number of rotatable bonds is 2. The van der Waals surface area contributed by atoms with Crippen LogP contribution >= 0.6 is 23.2 Å². The SMILES string of the molecule is Clc1cc(Cl)c2ccccc2c1O[C@H]1CCNC1. The van der Waals surface area contributed by atoms with E-state index in [1.165, 1.54) is 0 Å². The molecule has 1 fully saturated rings. The van der Waals surface area contributed by atoms with Crippen LogP contribution in [0.25, 0.3) is 10.8 Å². The van der Waals surface area contributed by atoms with Crippen LogP contribution in [0.4, 0.5) is 0 Å². The molecule has 3 rings (SSSR count). The lowest BCUT2D eigenvalue weighted by atomic mass is 10.1. The molecule has 0 spiro atoms. The second kappa shape index (κ2) is 4.96. The van der Waals surface area contributed by atoms with Gasteiger partial charge in [0.05, 0.1) is 10.0 Å². The summed E-state index contributed by atoms with van der Waals surface area (Å²) in [7, 11) is 0. The predicted molar refractivity (Wildman–Crippen MR) is 75.9 cm³/mol. The van der Waals surface area contributed by atoms with E-state index in [9.17, 15) is 0 Å². The molecule has 0 saturated carbocycles. The van der Waals surface area contributed by atoms with Gasteiger partial charge in [-0.05, 0) is 19.0 Å². The smallest absolute Gasteiger partial charge is 0.146 e. The number of ether oxygens (including phenoxy) is 1. The predicted octanol–water partition coefficient (Wildman–Crippen LogP) is 3.89. The topological polar surface area (TPSA) is 21.3 Å². The molecule has 0 aromatic heterocycles. The normalized spacial score (nSPS) is 19.3. The summed E-state index contributed by atoms with van der Waals surface area (Å²) in [6.07, 6.45) is 1.19. The zero-order valence-electron chi connectivity index (χ0n) is 9.75. The van der Waals surface area contributed by atoms with Crippen molar-refractivity contribution in [3.05, 3.63) is 40.4 Å². The van der Waals surface area contributed by atoms with E-state index in [2.05, 4.69) is 5.32 Å². The molecule has 18 heavy (non-hydrogen) atoms. The Balaban J connectivity index is 2.09. The molecule has 0 bridgehead atoms. The molecule has 2 aromatic rings. The van der Waals surface area contributed by atoms with Crippen LogP contribution in [-0.2, 0) is 0 Å². The molecular weight excluding hydrogens is 269 g/mol. The molecule has 1 atom stereocenters. The molecule has 1 aliphatic rings. The van der Waals surface area contributed by atoms with Gasteiger partial charge in [0.15, 0.2) is 0 Å². The van der Waals surface area contributed by atoms with Crippen molar-refractivity contribution < 1.29 is 4.74 Å². The van der Waals surface area contributed by atoms with Gasteiger partial charge in [0.25, 0.3) is 0 Å². The largest absolute Gasteiger partial charge is 0.487 e.